The second-order valence-corrected chi connectivity index (χ2v) is 7.80. The lowest BCUT2D eigenvalue weighted by Gasteiger charge is -2.38. The molecule has 27 heavy (non-hydrogen) atoms. The van der Waals surface area contributed by atoms with Crippen LogP contribution in [0.25, 0.3) is 0 Å². The molecular weight excluding hydrogens is 389 g/mol. The third-order valence-corrected chi connectivity index (χ3v) is 4.79. The van der Waals surface area contributed by atoms with Gasteiger partial charge in [0.15, 0.2) is 6.61 Å². The van der Waals surface area contributed by atoms with E-state index in [9.17, 15) is 4.79 Å². The van der Waals surface area contributed by atoms with Gasteiger partial charge in [0, 0.05) is 17.0 Å². The number of amides is 1. The molecule has 0 bridgehead atoms. The van der Waals surface area contributed by atoms with Crippen LogP contribution in [0, 0.1) is 0 Å². The Kier molecular flexibility index (Phi) is 5.72. The highest BCUT2D eigenvalue weighted by atomic mass is 35.5. The molecule has 144 valence electrons. The lowest BCUT2D eigenvalue weighted by Crippen LogP contribution is -2.42. The van der Waals surface area contributed by atoms with Gasteiger partial charge in [-0.1, -0.05) is 23.2 Å². The van der Waals surface area contributed by atoms with Crippen molar-refractivity contribution in [3.8, 4) is 17.2 Å². The molecule has 1 N–H and O–H groups in total. The van der Waals surface area contributed by atoms with Crippen LogP contribution in [-0.2, 0) is 4.79 Å². The van der Waals surface area contributed by atoms with E-state index in [1.54, 1.807) is 25.3 Å². The van der Waals surface area contributed by atoms with Crippen LogP contribution in [0.15, 0.2) is 36.4 Å². The van der Waals surface area contributed by atoms with Crippen molar-refractivity contribution in [3.05, 3.63) is 52.0 Å². The first-order valence-electron chi connectivity index (χ1n) is 8.51. The van der Waals surface area contributed by atoms with E-state index in [1.165, 1.54) is 0 Å². The van der Waals surface area contributed by atoms with Crippen molar-refractivity contribution in [2.45, 2.75) is 31.9 Å². The van der Waals surface area contributed by atoms with Crippen LogP contribution in [0.5, 0.6) is 17.2 Å². The first-order chi connectivity index (χ1) is 12.8. The third kappa shape index (κ3) is 4.79. The quantitative estimate of drug-likeness (QED) is 0.770. The predicted molar refractivity (Wildman–Crippen MR) is 105 cm³/mol. The molecule has 2 aromatic rings. The van der Waals surface area contributed by atoms with Gasteiger partial charge in [0.25, 0.3) is 5.91 Å². The Balaban J connectivity index is 1.71. The Bertz CT molecular complexity index is 854. The maximum atomic E-state index is 12.5. The van der Waals surface area contributed by atoms with Crippen molar-refractivity contribution < 1.29 is 19.0 Å². The molecule has 0 radical (unpaired) electrons. The van der Waals surface area contributed by atoms with Crippen molar-refractivity contribution in [1.29, 1.82) is 0 Å². The number of hydrogen-bond donors (Lipinski definition) is 1. The predicted octanol–water partition coefficient (Wildman–Crippen LogP) is 4.80. The number of benzene rings is 2. The molecule has 7 heteroatoms. The summed E-state index contributed by atoms with van der Waals surface area (Å²) in [6.45, 7) is 3.82. The van der Waals surface area contributed by atoms with Crippen molar-refractivity contribution in [1.82, 2.24) is 5.32 Å². The summed E-state index contributed by atoms with van der Waals surface area (Å²) in [5.74, 6) is 1.60. The molecule has 1 atom stereocenters. The Hall–Kier alpha value is -2.11. The number of halogens is 2. The molecule has 3 rings (SSSR count). The molecule has 5 nitrogen and oxygen atoms in total. The zero-order chi connectivity index (χ0) is 19.6. The average molecular weight is 410 g/mol. The highest BCUT2D eigenvalue weighted by Gasteiger charge is 2.34. The molecule has 0 saturated heterocycles. The van der Waals surface area contributed by atoms with E-state index in [0.717, 1.165) is 11.3 Å². The summed E-state index contributed by atoms with van der Waals surface area (Å²) >= 11 is 11.9. The number of rotatable bonds is 5. The molecule has 1 aliphatic heterocycles. The van der Waals surface area contributed by atoms with Gasteiger partial charge in [-0.3, -0.25) is 4.79 Å². The number of hydrogen-bond acceptors (Lipinski definition) is 4. The smallest absolute Gasteiger partial charge is 0.258 e. The molecule has 0 aliphatic carbocycles. The molecule has 1 heterocycles. The van der Waals surface area contributed by atoms with E-state index in [1.807, 2.05) is 32.0 Å². The van der Waals surface area contributed by atoms with Gasteiger partial charge in [-0.15, -0.1) is 0 Å². The van der Waals surface area contributed by atoms with Crippen molar-refractivity contribution in [2.75, 3.05) is 13.7 Å². The Morgan fingerprint density at radius 2 is 2.04 bits per heavy atom. The zero-order valence-electron chi connectivity index (χ0n) is 15.3. The largest absolute Gasteiger partial charge is 0.497 e. The Morgan fingerprint density at radius 3 is 2.74 bits per heavy atom. The first kappa shape index (κ1) is 19.6. The molecule has 0 fully saturated rings. The molecule has 0 aromatic heterocycles. The van der Waals surface area contributed by atoms with Gasteiger partial charge in [0.05, 0.1) is 18.2 Å². The standard InChI is InChI=1S/C20H21Cl2NO4/c1-20(2)10-16(14-9-13(25-3)5-7-17(14)27-20)23-19(24)11-26-18-6-4-12(21)8-15(18)22/h4-9,16H,10-11H2,1-3H3,(H,23,24)/t16-/m1/s1. The molecular formula is C20H21Cl2NO4. The maximum Gasteiger partial charge on any atom is 0.258 e. The van der Waals surface area contributed by atoms with Gasteiger partial charge in [0.2, 0.25) is 0 Å². The highest BCUT2D eigenvalue weighted by molar-refractivity contribution is 6.35. The number of nitrogens with one attached hydrogen (secondary N) is 1. The Morgan fingerprint density at radius 1 is 1.26 bits per heavy atom. The fourth-order valence-electron chi connectivity index (χ4n) is 3.06. The number of methoxy groups -OCH3 is 1. The number of ether oxygens (including phenoxy) is 3. The number of carbonyl (C=O) groups is 1. The summed E-state index contributed by atoms with van der Waals surface area (Å²) < 4.78 is 16.8. The molecule has 1 aliphatic rings. The van der Waals surface area contributed by atoms with E-state index in [2.05, 4.69) is 5.32 Å². The van der Waals surface area contributed by atoms with Gasteiger partial charge in [0.1, 0.15) is 22.8 Å². The van der Waals surface area contributed by atoms with Crippen LogP contribution >= 0.6 is 23.2 Å². The molecule has 0 spiro atoms. The monoisotopic (exact) mass is 409 g/mol. The van der Waals surface area contributed by atoms with E-state index >= 15 is 0 Å². The second kappa shape index (κ2) is 7.87. The van der Waals surface area contributed by atoms with Crippen LogP contribution in [0.3, 0.4) is 0 Å². The lowest BCUT2D eigenvalue weighted by molar-refractivity contribution is -0.124. The summed E-state index contributed by atoms with van der Waals surface area (Å²) in [7, 11) is 1.60. The van der Waals surface area contributed by atoms with Crippen LogP contribution in [-0.4, -0.2) is 25.2 Å². The summed E-state index contributed by atoms with van der Waals surface area (Å²) in [6.07, 6.45) is 0.626. The summed E-state index contributed by atoms with van der Waals surface area (Å²) in [6, 6.07) is 10.2. The van der Waals surface area contributed by atoms with Gasteiger partial charge >= 0.3 is 0 Å². The van der Waals surface area contributed by atoms with Gasteiger partial charge in [-0.25, -0.2) is 0 Å². The summed E-state index contributed by atoms with van der Waals surface area (Å²) in [4.78, 5) is 12.5. The highest BCUT2D eigenvalue weighted by Crippen LogP contribution is 2.41. The van der Waals surface area contributed by atoms with Gasteiger partial charge in [-0.05, 0) is 50.2 Å². The van der Waals surface area contributed by atoms with E-state index < -0.39 is 5.60 Å². The topological polar surface area (TPSA) is 56.8 Å². The minimum absolute atomic E-state index is 0.154. The fraction of sp³-hybridized carbons (Fsp3) is 0.350. The number of carbonyl (C=O) groups excluding carboxylic acids is 1. The fourth-order valence-corrected chi connectivity index (χ4v) is 3.52. The lowest BCUT2D eigenvalue weighted by atomic mass is 9.89. The third-order valence-electron chi connectivity index (χ3n) is 4.26. The normalized spacial score (nSPS) is 17.4. The van der Waals surface area contributed by atoms with Crippen molar-refractivity contribution >= 4 is 29.1 Å². The van der Waals surface area contributed by atoms with Crippen LogP contribution < -0.4 is 19.5 Å². The summed E-state index contributed by atoms with van der Waals surface area (Å²) in [5, 5.41) is 3.88. The minimum atomic E-state index is -0.403. The van der Waals surface area contributed by atoms with Crippen LogP contribution in [0.1, 0.15) is 31.9 Å². The Labute approximate surface area is 168 Å². The van der Waals surface area contributed by atoms with E-state index in [-0.39, 0.29) is 18.6 Å². The van der Waals surface area contributed by atoms with E-state index in [0.29, 0.717) is 28.0 Å². The van der Waals surface area contributed by atoms with Crippen LogP contribution in [0.4, 0.5) is 0 Å². The molecule has 2 aromatic carbocycles. The molecule has 0 unspecified atom stereocenters. The average Bonchev–Trinajstić information content (AvgIpc) is 2.60. The first-order valence-corrected chi connectivity index (χ1v) is 9.27. The summed E-state index contributed by atoms with van der Waals surface area (Å²) in [5.41, 5.74) is 0.478. The van der Waals surface area contributed by atoms with E-state index in [4.69, 9.17) is 37.4 Å². The van der Waals surface area contributed by atoms with Crippen molar-refractivity contribution in [3.63, 3.8) is 0 Å². The maximum absolute atomic E-state index is 12.5. The SMILES string of the molecule is COc1ccc2c(c1)[C@H](NC(=O)COc1ccc(Cl)cc1Cl)CC(C)(C)O2. The van der Waals surface area contributed by atoms with Gasteiger partial charge in [-0.2, -0.15) is 0 Å². The zero-order valence-corrected chi connectivity index (χ0v) is 16.9. The molecule has 0 saturated carbocycles. The minimum Gasteiger partial charge on any atom is -0.497 e. The van der Waals surface area contributed by atoms with Crippen molar-refractivity contribution in [2.24, 2.45) is 0 Å². The van der Waals surface area contributed by atoms with Gasteiger partial charge < -0.3 is 19.5 Å². The second-order valence-electron chi connectivity index (χ2n) is 6.95. The van der Waals surface area contributed by atoms with Crippen LogP contribution in [0.2, 0.25) is 10.0 Å². The molecule has 1 amide bonds. The number of fused-ring (bicyclic) bond motifs is 1.